The fourth-order valence-electron chi connectivity index (χ4n) is 3.00. The quantitative estimate of drug-likeness (QED) is 0.735. The second kappa shape index (κ2) is 7.35. The van der Waals surface area contributed by atoms with Gasteiger partial charge in [-0.05, 0) is 41.8 Å². The number of aromatic carboxylic acids is 1. The van der Waals surface area contributed by atoms with Gasteiger partial charge >= 0.3 is 5.97 Å². The number of aromatic nitrogens is 1. The molecule has 0 aliphatic rings. The maximum Gasteiger partial charge on any atom is 0.337 e. The summed E-state index contributed by atoms with van der Waals surface area (Å²) in [5, 5.41) is 9.34. The first kappa shape index (κ1) is 17.6. The standard InChI is InChI=1S/C21H18FNO3/c1-13-14(12-18-17(21(24)25)9-5-11-23-18)6-3-7-15(13)16-8-4-10-19(26-2)20(16)22/h3-11H,12H2,1-2H3,(H,24,25). The third kappa shape index (κ3) is 3.28. The van der Waals surface area contributed by atoms with Gasteiger partial charge in [-0.15, -0.1) is 0 Å². The van der Waals surface area contributed by atoms with Crippen molar-refractivity contribution in [3.05, 3.63) is 82.9 Å². The van der Waals surface area contributed by atoms with Gasteiger partial charge in [-0.1, -0.05) is 30.3 Å². The van der Waals surface area contributed by atoms with E-state index in [-0.39, 0.29) is 11.3 Å². The minimum atomic E-state index is -1.01. The predicted molar refractivity (Wildman–Crippen MR) is 97.1 cm³/mol. The first-order valence-electron chi connectivity index (χ1n) is 8.11. The van der Waals surface area contributed by atoms with Crippen LogP contribution in [0.25, 0.3) is 11.1 Å². The summed E-state index contributed by atoms with van der Waals surface area (Å²) in [6.07, 6.45) is 1.93. The maximum atomic E-state index is 14.7. The fourth-order valence-corrected chi connectivity index (χ4v) is 3.00. The van der Waals surface area contributed by atoms with Gasteiger partial charge in [0.1, 0.15) is 0 Å². The van der Waals surface area contributed by atoms with Crippen molar-refractivity contribution >= 4 is 5.97 Å². The highest BCUT2D eigenvalue weighted by Crippen LogP contribution is 2.32. The van der Waals surface area contributed by atoms with E-state index in [0.29, 0.717) is 17.7 Å². The SMILES string of the molecule is COc1cccc(-c2cccc(Cc3ncccc3C(=O)O)c2C)c1F. The van der Waals surface area contributed by atoms with E-state index >= 15 is 0 Å². The van der Waals surface area contributed by atoms with E-state index in [2.05, 4.69) is 4.98 Å². The predicted octanol–water partition coefficient (Wildman–Crippen LogP) is 4.49. The van der Waals surface area contributed by atoms with Crippen molar-refractivity contribution in [2.75, 3.05) is 7.11 Å². The Balaban J connectivity index is 2.06. The molecule has 0 amide bonds. The Morgan fingerprint density at radius 2 is 1.85 bits per heavy atom. The lowest BCUT2D eigenvalue weighted by atomic mass is 9.93. The molecule has 2 aromatic carbocycles. The molecule has 5 heteroatoms. The molecule has 3 aromatic rings. The van der Waals surface area contributed by atoms with E-state index in [1.54, 1.807) is 30.5 Å². The van der Waals surface area contributed by atoms with Crippen molar-refractivity contribution < 1.29 is 19.0 Å². The summed E-state index contributed by atoms with van der Waals surface area (Å²) < 4.78 is 19.7. The van der Waals surface area contributed by atoms with Crippen LogP contribution in [0.15, 0.2) is 54.7 Å². The average Bonchev–Trinajstić information content (AvgIpc) is 2.64. The van der Waals surface area contributed by atoms with Crippen molar-refractivity contribution in [1.29, 1.82) is 0 Å². The number of benzene rings is 2. The zero-order valence-electron chi connectivity index (χ0n) is 14.5. The topological polar surface area (TPSA) is 59.4 Å². The lowest BCUT2D eigenvalue weighted by molar-refractivity contribution is 0.0695. The first-order chi connectivity index (χ1) is 12.5. The molecule has 0 unspecified atom stereocenters. The molecule has 1 N–H and O–H groups in total. The molecule has 0 atom stereocenters. The van der Waals surface area contributed by atoms with Gasteiger partial charge in [0.05, 0.1) is 18.4 Å². The van der Waals surface area contributed by atoms with Gasteiger partial charge in [-0.25, -0.2) is 9.18 Å². The van der Waals surface area contributed by atoms with Crippen LogP contribution in [0.1, 0.15) is 27.2 Å². The molecule has 1 heterocycles. The Kier molecular flexibility index (Phi) is 4.98. The van der Waals surface area contributed by atoms with Gasteiger partial charge in [0, 0.05) is 18.2 Å². The molecule has 3 rings (SSSR count). The summed E-state index contributed by atoms with van der Waals surface area (Å²) in [5.41, 5.74) is 3.61. The second-order valence-electron chi connectivity index (χ2n) is 5.89. The smallest absolute Gasteiger partial charge is 0.337 e. The lowest BCUT2D eigenvalue weighted by Gasteiger charge is -2.14. The van der Waals surface area contributed by atoms with Crippen molar-refractivity contribution in [2.24, 2.45) is 0 Å². The van der Waals surface area contributed by atoms with Gasteiger partial charge in [0.25, 0.3) is 0 Å². The number of ether oxygens (including phenoxy) is 1. The van der Waals surface area contributed by atoms with E-state index in [1.165, 1.54) is 13.2 Å². The highest BCUT2D eigenvalue weighted by atomic mass is 19.1. The number of halogens is 1. The molecule has 1 aromatic heterocycles. The van der Waals surface area contributed by atoms with E-state index in [9.17, 15) is 14.3 Å². The van der Waals surface area contributed by atoms with Crippen LogP contribution in [-0.2, 0) is 6.42 Å². The van der Waals surface area contributed by atoms with Crippen molar-refractivity contribution in [1.82, 2.24) is 4.98 Å². The zero-order chi connectivity index (χ0) is 18.7. The molecule has 0 saturated heterocycles. The summed E-state index contributed by atoms with van der Waals surface area (Å²) in [6.45, 7) is 1.90. The van der Waals surface area contributed by atoms with Crippen LogP contribution in [0, 0.1) is 12.7 Å². The molecule has 0 aliphatic carbocycles. The molecule has 0 spiro atoms. The summed E-state index contributed by atoms with van der Waals surface area (Å²) >= 11 is 0. The average molecular weight is 351 g/mol. The van der Waals surface area contributed by atoms with Crippen LogP contribution in [0.3, 0.4) is 0 Å². The summed E-state index contributed by atoms with van der Waals surface area (Å²) in [4.78, 5) is 15.6. The molecule has 0 saturated carbocycles. The van der Waals surface area contributed by atoms with E-state index < -0.39 is 11.8 Å². The Labute approximate surface area is 150 Å². The number of hydrogen-bond donors (Lipinski definition) is 1. The number of carboxylic acid groups (broad SMARTS) is 1. The van der Waals surface area contributed by atoms with Gasteiger partial charge in [-0.2, -0.15) is 0 Å². The van der Waals surface area contributed by atoms with Gasteiger partial charge in [-0.3, -0.25) is 4.98 Å². The largest absolute Gasteiger partial charge is 0.494 e. The van der Waals surface area contributed by atoms with Gasteiger partial charge in [0.15, 0.2) is 11.6 Å². The van der Waals surface area contributed by atoms with Crippen LogP contribution >= 0.6 is 0 Å². The molecule has 132 valence electrons. The molecular formula is C21H18FNO3. The molecular weight excluding hydrogens is 333 g/mol. The number of hydrogen-bond acceptors (Lipinski definition) is 3. The van der Waals surface area contributed by atoms with E-state index in [1.807, 2.05) is 25.1 Å². The van der Waals surface area contributed by atoms with Crippen LogP contribution in [-0.4, -0.2) is 23.2 Å². The summed E-state index contributed by atoms with van der Waals surface area (Å²) in [7, 11) is 1.43. The van der Waals surface area contributed by atoms with Crippen LogP contribution in [0.5, 0.6) is 5.75 Å². The van der Waals surface area contributed by atoms with Gasteiger partial charge < -0.3 is 9.84 Å². The van der Waals surface area contributed by atoms with Crippen molar-refractivity contribution in [3.8, 4) is 16.9 Å². The molecule has 0 bridgehead atoms. The van der Waals surface area contributed by atoms with Crippen LogP contribution in [0.4, 0.5) is 4.39 Å². The molecule has 26 heavy (non-hydrogen) atoms. The Bertz CT molecular complexity index is 969. The molecule has 0 aliphatic heterocycles. The zero-order valence-corrected chi connectivity index (χ0v) is 14.5. The Morgan fingerprint density at radius 1 is 1.12 bits per heavy atom. The minimum Gasteiger partial charge on any atom is -0.494 e. The van der Waals surface area contributed by atoms with E-state index in [4.69, 9.17) is 4.74 Å². The normalized spacial score (nSPS) is 10.6. The third-order valence-electron chi connectivity index (χ3n) is 4.40. The maximum absolute atomic E-state index is 14.7. The minimum absolute atomic E-state index is 0.171. The van der Waals surface area contributed by atoms with Crippen molar-refractivity contribution in [3.63, 3.8) is 0 Å². The monoisotopic (exact) mass is 351 g/mol. The van der Waals surface area contributed by atoms with Gasteiger partial charge in [0.2, 0.25) is 0 Å². The van der Waals surface area contributed by atoms with E-state index in [0.717, 1.165) is 16.7 Å². The first-order valence-corrected chi connectivity index (χ1v) is 8.11. The third-order valence-corrected chi connectivity index (χ3v) is 4.40. The number of nitrogens with zero attached hydrogens (tertiary/aromatic N) is 1. The summed E-state index contributed by atoms with van der Waals surface area (Å²) in [5.74, 6) is -1.25. The second-order valence-corrected chi connectivity index (χ2v) is 5.89. The number of pyridine rings is 1. The summed E-state index contributed by atoms with van der Waals surface area (Å²) in [6, 6.07) is 13.7. The van der Waals surface area contributed by atoms with Crippen LogP contribution < -0.4 is 4.74 Å². The Morgan fingerprint density at radius 3 is 2.58 bits per heavy atom. The number of carboxylic acids is 1. The van der Waals surface area contributed by atoms with Crippen molar-refractivity contribution in [2.45, 2.75) is 13.3 Å². The highest BCUT2D eigenvalue weighted by molar-refractivity contribution is 5.89. The molecule has 0 fully saturated rings. The molecule has 0 radical (unpaired) electrons. The molecule has 4 nitrogen and oxygen atoms in total. The van der Waals surface area contributed by atoms with Crippen LogP contribution in [0.2, 0.25) is 0 Å². The lowest BCUT2D eigenvalue weighted by Crippen LogP contribution is -2.06. The highest BCUT2D eigenvalue weighted by Gasteiger charge is 2.16. The fraction of sp³-hybridized carbons (Fsp3) is 0.143. The Hall–Kier alpha value is -3.21. The number of rotatable bonds is 5. The number of carbonyl (C=O) groups is 1. The number of methoxy groups -OCH3 is 1.